The Labute approximate surface area is 244 Å². The Balaban J connectivity index is 1.32. The van der Waals surface area contributed by atoms with E-state index in [1.165, 1.54) is 50.2 Å². The molecule has 2 aromatic heterocycles. The second kappa shape index (κ2) is 8.51. The third-order valence-electron chi connectivity index (χ3n) is 8.68. The molecule has 0 saturated carbocycles. The van der Waals surface area contributed by atoms with E-state index in [0.29, 0.717) is 0 Å². The number of para-hydroxylation sites is 4. The summed E-state index contributed by atoms with van der Waals surface area (Å²) in [6, 6.07) is 39.7. The topological polar surface area (TPSA) is 23.5 Å². The predicted octanol–water partition coefficient (Wildman–Crippen LogP) is 7.53. The number of hydrogen-bond donors (Lipinski definition) is 0. The lowest BCUT2D eigenvalue weighted by atomic mass is 10.1. The van der Waals surface area contributed by atoms with Crippen LogP contribution in [0.15, 0.2) is 122 Å². The molecule has 0 atom stereocenters. The minimum absolute atomic E-state index is 0.807. The van der Waals surface area contributed by atoms with E-state index in [2.05, 4.69) is 142 Å². The minimum atomic E-state index is 0.807. The molecule has 0 fully saturated rings. The fraction of sp³-hybridized carbons (Fsp3) is 0.0833. The van der Waals surface area contributed by atoms with Gasteiger partial charge in [0.15, 0.2) is 0 Å². The fourth-order valence-corrected chi connectivity index (χ4v) is 6.82. The van der Waals surface area contributed by atoms with E-state index in [1.807, 2.05) is 28.6 Å². The first kappa shape index (κ1) is 23.2. The molecule has 2 aliphatic heterocycles. The van der Waals surface area contributed by atoms with Gasteiger partial charge in [-0.25, -0.2) is 0 Å². The van der Waals surface area contributed by atoms with Crippen molar-refractivity contribution in [1.29, 1.82) is 0 Å². The zero-order valence-corrected chi connectivity index (χ0v) is 23.4. The maximum absolute atomic E-state index is 3.35. The maximum atomic E-state index is 3.35. The van der Waals surface area contributed by atoms with Crippen molar-refractivity contribution in [3.8, 4) is 11.4 Å². The van der Waals surface area contributed by atoms with Crippen molar-refractivity contribution in [2.75, 3.05) is 28.4 Å². The average molecular weight is 545 g/mol. The van der Waals surface area contributed by atoms with E-state index in [0.717, 1.165) is 23.7 Å². The normalized spacial score (nSPS) is 13.7. The number of rotatable bonds is 3. The molecule has 0 radical (unpaired) electrons. The van der Waals surface area contributed by atoms with Crippen LogP contribution < -0.4 is 19.3 Å². The van der Waals surface area contributed by atoms with Crippen LogP contribution in [-0.4, -0.2) is 22.9 Å². The monoisotopic (exact) mass is 544 g/mol. The van der Waals surface area contributed by atoms with Crippen molar-refractivity contribution in [1.82, 2.24) is 9.13 Å². The molecule has 5 aromatic carbocycles. The Morgan fingerprint density at radius 3 is 2.29 bits per heavy atom. The minimum Gasteiger partial charge on any atom is -0.355 e. The van der Waals surface area contributed by atoms with Crippen molar-refractivity contribution < 1.29 is 4.57 Å². The van der Waals surface area contributed by atoms with Gasteiger partial charge in [-0.1, -0.05) is 54.6 Å². The van der Waals surface area contributed by atoms with E-state index < -0.39 is 0 Å². The van der Waals surface area contributed by atoms with Gasteiger partial charge in [0.2, 0.25) is 6.33 Å². The quantitative estimate of drug-likeness (QED) is 0.170. The number of aromatic nitrogens is 3. The van der Waals surface area contributed by atoms with Gasteiger partial charge in [-0.2, -0.15) is 0 Å². The van der Waals surface area contributed by atoms with Crippen LogP contribution in [0.4, 0.5) is 34.1 Å². The lowest BCUT2D eigenvalue weighted by Gasteiger charge is -2.34. The van der Waals surface area contributed by atoms with Crippen molar-refractivity contribution in [2.24, 2.45) is 7.05 Å². The zero-order chi connectivity index (χ0) is 27.9. The zero-order valence-electron chi connectivity index (χ0n) is 23.4. The fourth-order valence-electron chi connectivity index (χ4n) is 6.82. The van der Waals surface area contributed by atoms with E-state index in [1.54, 1.807) is 0 Å². The molecule has 0 bridgehead atoms. The first-order valence-corrected chi connectivity index (χ1v) is 14.3. The van der Waals surface area contributed by atoms with Gasteiger partial charge in [-0.05, 0) is 54.6 Å². The average Bonchev–Trinajstić information content (AvgIpc) is 3.72. The van der Waals surface area contributed by atoms with E-state index >= 15 is 0 Å². The first-order chi connectivity index (χ1) is 20.7. The molecule has 2 aliphatic rings. The highest BCUT2D eigenvalue weighted by molar-refractivity contribution is 6.16. The van der Waals surface area contributed by atoms with E-state index in [-0.39, 0.29) is 0 Å². The molecule has 0 saturated heterocycles. The summed E-state index contributed by atoms with van der Waals surface area (Å²) in [7, 11) is 4.16. The van der Waals surface area contributed by atoms with Crippen LogP contribution in [-0.2, 0) is 7.05 Å². The summed E-state index contributed by atoms with van der Waals surface area (Å²) in [5.41, 5.74) is 11.8. The molecule has 202 valence electrons. The van der Waals surface area contributed by atoms with Crippen molar-refractivity contribution in [3.63, 3.8) is 0 Å². The molecule has 4 heterocycles. The number of hydrogen-bond acceptors (Lipinski definition) is 3. The van der Waals surface area contributed by atoms with Gasteiger partial charge in [0.1, 0.15) is 0 Å². The Morgan fingerprint density at radius 1 is 0.643 bits per heavy atom. The lowest BCUT2D eigenvalue weighted by Crippen LogP contribution is -2.25. The molecule has 0 amide bonds. The Bertz CT molecular complexity index is 2190. The van der Waals surface area contributed by atoms with Crippen molar-refractivity contribution in [3.05, 3.63) is 128 Å². The van der Waals surface area contributed by atoms with Gasteiger partial charge in [-0.15, -0.1) is 0 Å². The Kier molecular flexibility index (Phi) is 4.71. The number of imidazole rings is 1. The van der Waals surface area contributed by atoms with Crippen LogP contribution in [0.25, 0.3) is 33.2 Å². The highest BCUT2D eigenvalue weighted by Gasteiger charge is 2.31. The van der Waals surface area contributed by atoms with Crippen molar-refractivity contribution >= 4 is 55.9 Å². The number of fused-ring (bicyclic) bond motifs is 6. The SMILES string of the molecule is CN1CN(c2ccc3c(c2)N(c2cccc(-n4[c-][n+](C)cc4)c2)c2cccc4c5ccccc5n-3c24)c2ccccc21. The first-order valence-electron chi connectivity index (χ1n) is 14.3. The number of anilines is 6. The van der Waals surface area contributed by atoms with Gasteiger partial charge in [-0.3, -0.25) is 0 Å². The molecule has 0 aliphatic carbocycles. The second-order valence-corrected chi connectivity index (χ2v) is 11.2. The molecule has 0 N–H and O–H groups in total. The summed E-state index contributed by atoms with van der Waals surface area (Å²) in [5.74, 6) is 0. The molecule has 6 nitrogen and oxygen atoms in total. The smallest absolute Gasteiger partial charge is 0.243 e. The summed E-state index contributed by atoms with van der Waals surface area (Å²) in [6.45, 7) is 0.807. The number of nitrogens with zero attached hydrogens (tertiary/aromatic N) is 6. The van der Waals surface area contributed by atoms with Crippen LogP contribution in [0.1, 0.15) is 0 Å². The summed E-state index contributed by atoms with van der Waals surface area (Å²) in [6.07, 6.45) is 7.41. The van der Waals surface area contributed by atoms with Crippen LogP contribution >= 0.6 is 0 Å². The van der Waals surface area contributed by atoms with Crippen LogP contribution in [0.5, 0.6) is 0 Å². The predicted molar refractivity (Wildman–Crippen MR) is 170 cm³/mol. The molecule has 0 spiro atoms. The van der Waals surface area contributed by atoms with Gasteiger partial charge >= 0.3 is 0 Å². The van der Waals surface area contributed by atoms with Crippen LogP contribution in [0, 0.1) is 6.33 Å². The summed E-state index contributed by atoms with van der Waals surface area (Å²) in [4.78, 5) is 7.14. The van der Waals surface area contributed by atoms with Crippen LogP contribution in [0.2, 0.25) is 0 Å². The van der Waals surface area contributed by atoms with E-state index in [4.69, 9.17) is 0 Å². The third kappa shape index (κ3) is 3.17. The molecule has 42 heavy (non-hydrogen) atoms. The maximum Gasteiger partial charge on any atom is 0.243 e. The standard InChI is InChI=1S/C36H28N6/c1-37-19-20-39(23-37)25-9-7-10-27(21-25)41-34-16-8-12-29-28-11-3-4-13-30(28)42(36(29)34)33-18-17-26(22-35(33)41)40-24-38(2)31-14-5-6-15-32(31)40/h3-22H,24H2,1-2H3. The summed E-state index contributed by atoms with van der Waals surface area (Å²) >= 11 is 0. The van der Waals surface area contributed by atoms with Gasteiger partial charge < -0.3 is 28.4 Å². The molecule has 6 heteroatoms. The van der Waals surface area contributed by atoms with Gasteiger partial charge in [0.25, 0.3) is 0 Å². The summed E-state index contributed by atoms with van der Waals surface area (Å²) < 4.78 is 6.43. The van der Waals surface area contributed by atoms with Crippen molar-refractivity contribution in [2.45, 2.75) is 0 Å². The number of benzene rings is 5. The third-order valence-corrected chi connectivity index (χ3v) is 8.68. The summed E-state index contributed by atoms with van der Waals surface area (Å²) in [5, 5.41) is 2.53. The molecule has 9 rings (SSSR count). The lowest BCUT2D eigenvalue weighted by molar-refractivity contribution is -0.674. The molecule has 7 aromatic rings. The number of aryl methyl sites for hydroxylation is 1. The van der Waals surface area contributed by atoms with Gasteiger partial charge in [0, 0.05) is 41.6 Å². The van der Waals surface area contributed by atoms with Gasteiger partial charge in [0.05, 0.1) is 58.9 Å². The second-order valence-electron chi connectivity index (χ2n) is 11.2. The highest BCUT2D eigenvalue weighted by atomic mass is 15.4. The highest BCUT2D eigenvalue weighted by Crippen LogP contribution is 2.51. The molecular formula is C36H28N6. The largest absolute Gasteiger partial charge is 0.355 e. The Hall–Kier alpha value is -5.49. The van der Waals surface area contributed by atoms with Crippen LogP contribution in [0.3, 0.4) is 0 Å². The molecule has 0 unspecified atom stereocenters. The van der Waals surface area contributed by atoms with E-state index in [9.17, 15) is 0 Å². The molecular weight excluding hydrogens is 516 g/mol. The Morgan fingerprint density at radius 2 is 1.40 bits per heavy atom.